The number of carbonyl (C=O) groups excluding carboxylic acids is 1. The Morgan fingerprint density at radius 3 is 2.92 bits per heavy atom. The highest BCUT2D eigenvalue weighted by molar-refractivity contribution is 7.13. The van der Waals surface area contributed by atoms with Gasteiger partial charge in [-0.15, -0.1) is 11.3 Å². The number of hydrogen-bond acceptors (Lipinski definition) is 6. The molecule has 0 radical (unpaired) electrons. The number of likely N-dealkylation sites (tertiary alicyclic amines) is 1. The topological polar surface area (TPSA) is 84.0 Å². The lowest BCUT2D eigenvalue weighted by molar-refractivity contribution is 0.0582. The molecule has 0 bridgehead atoms. The Hall–Kier alpha value is -2.74. The van der Waals surface area contributed by atoms with Gasteiger partial charge in [0.15, 0.2) is 5.69 Å². The summed E-state index contributed by atoms with van der Waals surface area (Å²) < 4.78 is 5.91. The van der Waals surface area contributed by atoms with Crippen LogP contribution in [0.1, 0.15) is 29.2 Å². The summed E-state index contributed by atoms with van der Waals surface area (Å²) >= 11 is 1.62. The highest BCUT2D eigenvalue weighted by Gasteiger charge is 2.26. The van der Waals surface area contributed by atoms with Crippen molar-refractivity contribution in [3.8, 4) is 16.5 Å². The Labute approximate surface area is 155 Å². The van der Waals surface area contributed by atoms with Gasteiger partial charge in [0.1, 0.15) is 11.9 Å². The molecule has 1 saturated heterocycles. The molecular weight excluding hydrogens is 350 g/mol. The number of aromatic nitrogens is 4. The first-order valence-electron chi connectivity index (χ1n) is 8.54. The van der Waals surface area contributed by atoms with Gasteiger partial charge in [0.05, 0.1) is 10.6 Å². The fourth-order valence-electron chi connectivity index (χ4n) is 3.00. The SMILES string of the molecule is Cc1nccc(OC2CCN(C(=O)c3cc(-c4cccs4)[nH]n3)CC2)n1. The predicted molar refractivity (Wildman–Crippen MR) is 98.2 cm³/mol. The number of amides is 1. The maximum Gasteiger partial charge on any atom is 0.274 e. The number of thiophene rings is 1. The predicted octanol–water partition coefficient (Wildman–Crippen LogP) is 2.92. The summed E-state index contributed by atoms with van der Waals surface area (Å²) in [7, 11) is 0. The molecule has 3 aromatic heterocycles. The maximum absolute atomic E-state index is 12.7. The lowest BCUT2D eigenvalue weighted by Gasteiger charge is -2.31. The van der Waals surface area contributed by atoms with E-state index >= 15 is 0 Å². The molecule has 0 atom stereocenters. The molecule has 0 aromatic carbocycles. The van der Waals surface area contributed by atoms with E-state index in [0.717, 1.165) is 23.4 Å². The number of aromatic amines is 1. The van der Waals surface area contributed by atoms with Crippen LogP contribution < -0.4 is 4.74 Å². The summed E-state index contributed by atoms with van der Waals surface area (Å²) in [5.74, 6) is 1.24. The molecule has 8 heteroatoms. The van der Waals surface area contributed by atoms with Gasteiger partial charge in [-0.3, -0.25) is 9.89 Å². The molecule has 26 heavy (non-hydrogen) atoms. The molecule has 0 saturated carbocycles. The average Bonchev–Trinajstić information content (AvgIpc) is 3.33. The number of H-pyrrole nitrogens is 1. The van der Waals surface area contributed by atoms with E-state index in [0.29, 0.717) is 30.5 Å². The van der Waals surface area contributed by atoms with Crippen LogP contribution in [-0.4, -0.2) is 50.2 Å². The van der Waals surface area contributed by atoms with Gasteiger partial charge in [-0.05, 0) is 24.4 Å². The van der Waals surface area contributed by atoms with Crippen LogP contribution in [0.3, 0.4) is 0 Å². The average molecular weight is 369 g/mol. The summed E-state index contributed by atoms with van der Waals surface area (Å²) in [6.07, 6.45) is 3.31. The minimum atomic E-state index is -0.0413. The van der Waals surface area contributed by atoms with E-state index < -0.39 is 0 Å². The Kier molecular flexibility index (Phi) is 4.66. The van der Waals surface area contributed by atoms with Crippen molar-refractivity contribution in [3.05, 3.63) is 47.4 Å². The number of piperidine rings is 1. The third-order valence-electron chi connectivity index (χ3n) is 4.35. The van der Waals surface area contributed by atoms with Crippen LogP contribution in [-0.2, 0) is 0 Å². The minimum absolute atomic E-state index is 0.0413. The summed E-state index contributed by atoms with van der Waals surface area (Å²) in [4.78, 5) is 23.9. The Balaban J connectivity index is 1.35. The van der Waals surface area contributed by atoms with Gasteiger partial charge >= 0.3 is 0 Å². The van der Waals surface area contributed by atoms with Gasteiger partial charge in [0.2, 0.25) is 5.88 Å². The van der Waals surface area contributed by atoms with Crippen LogP contribution in [0.15, 0.2) is 35.8 Å². The molecule has 4 heterocycles. The first kappa shape index (κ1) is 16.7. The standard InChI is InChI=1S/C18H19N5O2S/c1-12-19-7-4-17(20-12)25-13-5-8-23(9-6-13)18(24)15-11-14(21-22-15)16-3-2-10-26-16/h2-4,7,10-11,13H,5-6,8-9H2,1H3,(H,21,22). The van der Waals surface area contributed by atoms with Crippen molar-refractivity contribution in [1.29, 1.82) is 0 Å². The largest absolute Gasteiger partial charge is 0.474 e. The van der Waals surface area contributed by atoms with Crippen LogP contribution >= 0.6 is 11.3 Å². The number of hydrogen-bond donors (Lipinski definition) is 1. The maximum atomic E-state index is 12.7. The van der Waals surface area contributed by atoms with Crippen molar-refractivity contribution in [3.63, 3.8) is 0 Å². The van der Waals surface area contributed by atoms with Gasteiger partial charge < -0.3 is 9.64 Å². The highest BCUT2D eigenvalue weighted by Crippen LogP contribution is 2.24. The van der Waals surface area contributed by atoms with Gasteiger partial charge in [0.25, 0.3) is 5.91 Å². The van der Waals surface area contributed by atoms with E-state index in [1.165, 1.54) is 0 Å². The summed E-state index contributed by atoms with van der Waals surface area (Å²) in [5.41, 5.74) is 1.33. The second-order valence-electron chi connectivity index (χ2n) is 6.20. The summed E-state index contributed by atoms with van der Waals surface area (Å²) in [6, 6.07) is 7.57. The molecule has 1 N–H and O–H groups in total. The zero-order valence-corrected chi connectivity index (χ0v) is 15.2. The Bertz CT molecular complexity index is 885. The summed E-state index contributed by atoms with van der Waals surface area (Å²) in [5, 5.41) is 9.14. The smallest absolute Gasteiger partial charge is 0.274 e. The molecule has 1 fully saturated rings. The first-order valence-corrected chi connectivity index (χ1v) is 9.42. The Morgan fingerprint density at radius 2 is 2.19 bits per heavy atom. The normalized spacial score (nSPS) is 15.2. The van der Waals surface area contributed by atoms with Crippen LogP contribution in [0, 0.1) is 6.92 Å². The molecule has 1 aliphatic rings. The van der Waals surface area contributed by atoms with Gasteiger partial charge in [-0.2, -0.15) is 10.1 Å². The van der Waals surface area contributed by atoms with Crippen LogP contribution in [0.4, 0.5) is 0 Å². The lowest BCUT2D eigenvalue weighted by atomic mass is 10.1. The van der Waals surface area contributed by atoms with Crippen LogP contribution in [0.25, 0.3) is 10.6 Å². The zero-order chi connectivity index (χ0) is 17.9. The van der Waals surface area contributed by atoms with Crippen molar-refractivity contribution in [2.75, 3.05) is 13.1 Å². The van der Waals surface area contributed by atoms with Gasteiger partial charge in [-0.25, -0.2) is 4.98 Å². The molecule has 0 aliphatic carbocycles. The van der Waals surface area contributed by atoms with E-state index in [4.69, 9.17) is 4.74 Å². The molecule has 4 rings (SSSR count). The van der Waals surface area contributed by atoms with E-state index in [2.05, 4.69) is 20.2 Å². The Morgan fingerprint density at radius 1 is 1.35 bits per heavy atom. The van der Waals surface area contributed by atoms with Crippen molar-refractivity contribution in [1.82, 2.24) is 25.1 Å². The number of ether oxygens (including phenoxy) is 1. The number of rotatable bonds is 4. The fraction of sp³-hybridized carbons (Fsp3) is 0.333. The van der Waals surface area contributed by atoms with Gasteiger partial charge in [-0.1, -0.05) is 6.07 Å². The second-order valence-corrected chi connectivity index (χ2v) is 7.14. The van der Waals surface area contributed by atoms with E-state index in [-0.39, 0.29) is 12.0 Å². The van der Waals surface area contributed by atoms with Crippen molar-refractivity contribution in [2.45, 2.75) is 25.9 Å². The number of nitrogens with one attached hydrogen (secondary N) is 1. The molecule has 7 nitrogen and oxygen atoms in total. The van der Waals surface area contributed by atoms with E-state index in [1.54, 1.807) is 23.6 Å². The minimum Gasteiger partial charge on any atom is -0.474 e. The molecule has 134 valence electrons. The fourth-order valence-corrected chi connectivity index (χ4v) is 3.69. The zero-order valence-electron chi connectivity index (χ0n) is 14.4. The molecule has 1 amide bonds. The molecule has 0 spiro atoms. The van der Waals surface area contributed by atoms with Gasteiger partial charge in [0, 0.05) is 38.2 Å². The monoisotopic (exact) mass is 369 g/mol. The van der Waals surface area contributed by atoms with Crippen molar-refractivity contribution in [2.24, 2.45) is 0 Å². The molecule has 3 aromatic rings. The third kappa shape index (κ3) is 3.60. The number of nitrogens with zero attached hydrogens (tertiary/aromatic N) is 4. The van der Waals surface area contributed by atoms with Crippen LogP contribution in [0.5, 0.6) is 5.88 Å². The first-order chi connectivity index (χ1) is 12.7. The van der Waals surface area contributed by atoms with E-state index in [1.807, 2.05) is 35.4 Å². The second kappa shape index (κ2) is 7.25. The molecule has 1 aliphatic heterocycles. The summed E-state index contributed by atoms with van der Waals surface area (Å²) in [6.45, 7) is 3.13. The lowest BCUT2D eigenvalue weighted by Crippen LogP contribution is -2.42. The van der Waals surface area contributed by atoms with E-state index in [9.17, 15) is 4.79 Å². The number of aryl methyl sites for hydroxylation is 1. The third-order valence-corrected chi connectivity index (χ3v) is 5.25. The molecular formula is C18H19N5O2S. The highest BCUT2D eigenvalue weighted by atomic mass is 32.1. The van der Waals surface area contributed by atoms with Crippen LogP contribution in [0.2, 0.25) is 0 Å². The van der Waals surface area contributed by atoms with Crippen molar-refractivity contribution < 1.29 is 9.53 Å². The van der Waals surface area contributed by atoms with Crippen molar-refractivity contribution >= 4 is 17.2 Å². The number of carbonyl (C=O) groups is 1. The quantitative estimate of drug-likeness (QED) is 0.764. The molecule has 0 unspecified atom stereocenters.